The molecule has 0 spiro atoms. The van der Waals surface area contributed by atoms with E-state index in [0.29, 0.717) is 5.92 Å². The molecule has 24 heavy (non-hydrogen) atoms. The smallest absolute Gasteiger partial charge is 0.224 e. The van der Waals surface area contributed by atoms with Crippen LogP contribution in [0.1, 0.15) is 38.8 Å². The number of fused-ring (bicyclic) bond motifs is 1. The summed E-state index contributed by atoms with van der Waals surface area (Å²) < 4.78 is 1.23. The second-order valence-corrected chi connectivity index (χ2v) is 7.66. The van der Waals surface area contributed by atoms with Crippen molar-refractivity contribution < 1.29 is 4.79 Å². The lowest BCUT2D eigenvalue weighted by molar-refractivity contribution is -0.117. The van der Waals surface area contributed by atoms with Gasteiger partial charge in [-0.2, -0.15) is 0 Å². The maximum absolute atomic E-state index is 12.3. The fraction of sp³-hybridized carbons (Fsp3) is 0.350. The minimum atomic E-state index is 0.119. The minimum Gasteiger partial charge on any atom is -0.378 e. The van der Waals surface area contributed by atoms with E-state index in [1.807, 2.05) is 11.0 Å². The summed E-state index contributed by atoms with van der Waals surface area (Å²) in [7, 11) is 0. The van der Waals surface area contributed by atoms with Gasteiger partial charge in [0.1, 0.15) is 0 Å². The molecule has 0 bridgehead atoms. The van der Waals surface area contributed by atoms with Crippen molar-refractivity contribution in [1.82, 2.24) is 0 Å². The first kappa shape index (κ1) is 17.3. The van der Waals surface area contributed by atoms with Crippen molar-refractivity contribution in [3.8, 4) is 0 Å². The zero-order chi connectivity index (χ0) is 17.3. The highest BCUT2D eigenvalue weighted by atomic mass is 127. The van der Waals surface area contributed by atoms with E-state index in [2.05, 4.69) is 84.2 Å². The minimum absolute atomic E-state index is 0.119. The van der Waals surface area contributed by atoms with E-state index in [1.54, 1.807) is 6.92 Å². The Morgan fingerprint density at radius 3 is 2.46 bits per heavy atom. The van der Waals surface area contributed by atoms with Crippen molar-refractivity contribution in [2.75, 3.05) is 10.2 Å². The van der Waals surface area contributed by atoms with Gasteiger partial charge in [-0.15, -0.1) is 0 Å². The largest absolute Gasteiger partial charge is 0.378 e. The van der Waals surface area contributed by atoms with Crippen molar-refractivity contribution in [2.45, 2.75) is 39.3 Å². The first-order valence-corrected chi connectivity index (χ1v) is 9.51. The number of benzene rings is 2. The quantitative estimate of drug-likeness (QED) is 0.672. The third-order valence-electron chi connectivity index (χ3n) is 4.92. The Morgan fingerprint density at radius 1 is 1.17 bits per heavy atom. The zero-order valence-electron chi connectivity index (χ0n) is 14.3. The summed E-state index contributed by atoms with van der Waals surface area (Å²) in [4.78, 5) is 14.3. The number of carbonyl (C=O) groups is 1. The summed E-state index contributed by atoms with van der Waals surface area (Å²) in [6, 6.07) is 17.1. The highest BCUT2D eigenvalue weighted by Gasteiger charge is 2.39. The molecule has 0 saturated heterocycles. The number of rotatable bonds is 3. The summed E-state index contributed by atoms with van der Waals surface area (Å²) in [5.41, 5.74) is 3.36. The van der Waals surface area contributed by atoms with Gasteiger partial charge in [-0.25, -0.2) is 0 Å². The van der Waals surface area contributed by atoms with Crippen LogP contribution in [0, 0.1) is 9.49 Å². The van der Waals surface area contributed by atoms with Crippen molar-refractivity contribution in [2.24, 2.45) is 5.92 Å². The molecule has 1 aliphatic rings. The van der Waals surface area contributed by atoms with Crippen molar-refractivity contribution in [1.29, 1.82) is 0 Å². The maximum Gasteiger partial charge on any atom is 0.224 e. The lowest BCUT2D eigenvalue weighted by Crippen LogP contribution is -2.49. The molecule has 126 valence electrons. The molecule has 1 amide bonds. The highest BCUT2D eigenvalue weighted by Crippen LogP contribution is 2.43. The molecule has 0 radical (unpaired) electrons. The zero-order valence-corrected chi connectivity index (χ0v) is 16.4. The average molecular weight is 434 g/mol. The Balaban J connectivity index is 2.03. The molecule has 3 rings (SSSR count). The molecule has 4 heteroatoms. The van der Waals surface area contributed by atoms with E-state index in [1.165, 1.54) is 9.13 Å². The SMILES string of the molecule is CC[C@@H]1[C@@H](C)[C@H](Nc2ccc(I)cc2)c2ccccc2N1C(C)=O. The first-order chi connectivity index (χ1) is 11.5. The van der Waals surface area contributed by atoms with E-state index in [9.17, 15) is 4.79 Å². The van der Waals surface area contributed by atoms with Crippen LogP contribution in [0.15, 0.2) is 48.5 Å². The summed E-state index contributed by atoms with van der Waals surface area (Å²) >= 11 is 2.32. The van der Waals surface area contributed by atoms with Crippen molar-refractivity contribution >= 4 is 39.9 Å². The van der Waals surface area contributed by atoms with Crippen LogP contribution >= 0.6 is 22.6 Å². The van der Waals surface area contributed by atoms with Crippen LogP contribution in [0.25, 0.3) is 0 Å². The lowest BCUT2D eigenvalue weighted by atomic mass is 9.81. The van der Waals surface area contributed by atoms with E-state index in [4.69, 9.17) is 0 Å². The van der Waals surface area contributed by atoms with Crippen LogP contribution in [0.4, 0.5) is 11.4 Å². The summed E-state index contributed by atoms with van der Waals surface area (Å²) in [6.45, 7) is 6.07. The van der Waals surface area contributed by atoms with Gasteiger partial charge >= 0.3 is 0 Å². The Labute approximate surface area is 157 Å². The average Bonchev–Trinajstić information content (AvgIpc) is 2.58. The van der Waals surface area contributed by atoms with E-state index in [0.717, 1.165) is 17.8 Å². The number of halogens is 1. The number of hydrogen-bond acceptors (Lipinski definition) is 2. The number of para-hydroxylation sites is 1. The number of amides is 1. The molecule has 2 aromatic carbocycles. The van der Waals surface area contributed by atoms with Gasteiger partial charge in [-0.1, -0.05) is 32.0 Å². The van der Waals surface area contributed by atoms with Crippen LogP contribution < -0.4 is 10.2 Å². The van der Waals surface area contributed by atoms with Crippen LogP contribution in [0.5, 0.6) is 0 Å². The number of nitrogens with zero attached hydrogens (tertiary/aromatic N) is 1. The molecule has 1 N–H and O–H groups in total. The molecule has 2 aromatic rings. The Kier molecular flexibility index (Phi) is 5.13. The van der Waals surface area contributed by atoms with Gasteiger partial charge in [0.2, 0.25) is 5.91 Å². The molecule has 0 aromatic heterocycles. The Hall–Kier alpha value is -1.56. The van der Waals surface area contributed by atoms with Gasteiger partial charge in [0.25, 0.3) is 0 Å². The number of hydrogen-bond donors (Lipinski definition) is 1. The molecule has 3 nitrogen and oxygen atoms in total. The molecule has 0 aliphatic carbocycles. The number of nitrogens with one attached hydrogen (secondary N) is 1. The fourth-order valence-corrected chi connectivity index (χ4v) is 4.14. The van der Waals surface area contributed by atoms with Crippen LogP contribution in [0.2, 0.25) is 0 Å². The van der Waals surface area contributed by atoms with E-state index in [-0.39, 0.29) is 18.0 Å². The molecule has 0 fully saturated rings. The lowest BCUT2D eigenvalue weighted by Gasteiger charge is -2.45. The molecule has 1 heterocycles. The first-order valence-electron chi connectivity index (χ1n) is 8.43. The third kappa shape index (κ3) is 3.16. The highest BCUT2D eigenvalue weighted by molar-refractivity contribution is 14.1. The molecule has 3 atom stereocenters. The molecule has 1 aliphatic heterocycles. The fourth-order valence-electron chi connectivity index (χ4n) is 3.78. The standard InChI is InChI=1S/C20H23IN2O/c1-4-18-13(2)20(22-16-11-9-15(21)10-12-16)17-7-5-6-8-19(17)23(18)14(3)24/h5-13,18,20,22H,4H2,1-3H3/t13-,18-,20+/m1/s1. The predicted molar refractivity (Wildman–Crippen MR) is 108 cm³/mol. The van der Waals surface area contributed by atoms with Gasteiger partial charge in [-0.05, 0) is 64.9 Å². The van der Waals surface area contributed by atoms with Gasteiger partial charge in [0.05, 0.1) is 6.04 Å². The molecular weight excluding hydrogens is 411 g/mol. The van der Waals surface area contributed by atoms with Crippen LogP contribution in [-0.4, -0.2) is 11.9 Å². The summed E-state index contributed by atoms with van der Waals surface area (Å²) in [5, 5.41) is 3.70. The number of anilines is 2. The van der Waals surface area contributed by atoms with Crippen molar-refractivity contribution in [3.05, 3.63) is 57.7 Å². The normalized spacial score (nSPS) is 22.8. The van der Waals surface area contributed by atoms with Gasteiger partial charge in [-0.3, -0.25) is 4.79 Å². The molecule has 0 saturated carbocycles. The summed E-state index contributed by atoms with van der Waals surface area (Å²) in [6.07, 6.45) is 0.944. The third-order valence-corrected chi connectivity index (χ3v) is 5.64. The second kappa shape index (κ2) is 7.13. The van der Waals surface area contributed by atoms with E-state index < -0.39 is 0 Å². The van der Waals surface area contributed by atoms with Crippen LogP contribution in [0.3, 0.4) is 0 Å². The van der Waals surface area contributed by atoms with Gasteiger partial charge in [0.15, 0.2) is 0 Å². The molecule has 0 unspecified atom stereocenters. The maximum atomic E-state index is 12.3. The molecular formula is C20H23IN2O. The summed E-state index contributed by atoms with van der Waals surface area (Å²) in [5.74, 6) is 0.446. The van der Waals surface area contributed by atoms with Gasteiger partial charge < -0.3 is 10.2 Å². The topological polar surface area (TPSA) is 32.3 Å². The van der Waals surface area contributed by atoms with Crippen molar-refractivity contribution in [3.63, 3.8) is 0 Å². The second-order valence-electron chi connectivity index (χ2n) is 6.41. The Bertz CT molecular complexity index is 729. The van der Waals surface area contributed by atoms with Gasteiger partial charge in [0, 0.05) is 33.8 Å². The monoisotopic (exact) mass is 434 g/mol. The van der Waals surface area contributed by atoms with Crippen LogP contribution in [-0.2, 0) is 4.79 Å². The Morgan fingerprint density at radius 2 is 1.83 bits per heavy atom. The van der Waals surface area contributed by atoms with E-state index >= 15 is 0 Å². The number of carbonyl (C=O) groups excluding carboxylic acids is 1. The predicted octanol–water partition coefficient (Wildman–Crippen LogP) is 5.23.